The summed E-state index contributed by atoms with van der Waals surface area (Å²) in [6.07, 6.45) is 1.42. The minimum atomic E-state index is -0.189. The Bertz CT molecular complexity index is 1090. The Morgan fingerprint density at radius 3 is 2.62 bits per heavy atom. The third-order valence-electron chi connectivity index (χ3n) is 5.34. The molecule has 0 atom stereocenters. The number of piperidine rings is 1. The Balaban J connectivity index is 1.30. The topological polar surface area (TPSA) is 71.5 Å². The molecule has 0 saturated carbocycles. The molecule has 2 heterocycles. The Hall–Kier alpha value is -2.90. The number of likely N-dealkylation sites (tertiary alicyclic amines) is 1. The van der Waals surface area contributed by atoms with Crippen molar-refractivity contribution < 1.29 is 14.3 Å². The predicted molar refractivity (Wildman–Crippen MR) is 127 cm³/mol. The molecule has 0 aliphatic carbocycles. The van der Waals surface area contributed by atoms with Crippen LogP contribution in [0.2, 0.25) is 5.02 Å². The van der Waals surface area contributed by atoms with E-state index in [0.717, 1.165) is 16.3 Å². The number of nitrogens with one attached hydrogen (secondary N) is 1. The van der Waals surface area contributed by atoms with Crippen LogP contribution >= 0.6 is 22.9 Å². The first-order valence-electron chi connectivity index (χ1n) is 10.6. The molecular weight excluding hydrogens is 446 g/mol. The lowest BCUT2D eigenvalue weighted by atomic mass is 10.0. The summed E-state index contributed by atoms with van der Waals surface area (Å²) in [4.78, 5) is 31.7. The van der Waals surface area contributed by atoms with Gasteiger partial charge in [0, 0.05) is 40.7 Å². The smallest absolute Gasteiger partial charge is 0.270 e. The molecule has 3 aromatic rings. The van der Waals surface area contributed by atoms with Gasteiger partial charge in [0.15, 0.2) is 0 Å². The average Bonchev–Trinajstić information content (AvgIpc) is 3.31. The zero-order valence-corrected chi connectivity index (χ0v) is 19.3. The van der Waals surface area contributed by atoms with Gasteiger partial charge in [0.05, 0.1) is 6.61 Å². The maximum absolute atomic E-state index is 12.8. The van der Waals surface area contributed by atoms with Crippen molar-refractivity contribution in [3.8, 4) is 16.3 Å². The summed E-state index contributed by atoms with van der Waals surface area (Å²) in [6.45, 7) is 3.72. The van der Waals surface area contributed by atoms with Gasteiger partial charge >= 0.3 is 0 Å². The highest BCUT2D eigenvalue weighted by molar-refractivity contribution is 7.13. The lowest BCUT2D eigenvalue weighted by Gasteiger charge is -2.32. The summed E-state index contributed by atoms with van der Waals surface area (Å²) in [5.74, 6) is 0.570. The summed E-state index contributed by atoms with van der Waals surface area (Å²) in [7, 11) is 0. The van der Waals surface area contributed by atoms with E-state index in [-0.39, 0.29) is 17.9 Å². The Morgan fingerprint density at radius 1 is 1.19 bits per heavy atom. The lowest BCUT2D eigenvalue weighted by molar-refractivity contribution is 0.0697. The van der Waals surface area contributed by atoms with E-state index < -0.39 is 0 Å². The average molecular weight is 470 g/mol. The van der Waals surface area contributed by atoms with Gasteiger partial charge in [0.2, 0.25) is 0 Å². The summed E-state index contributed by atoms with van der Waals surface area (Å²) < 4.78 is 5.43. The highest BCUT2D eigenvalue weighted by Crippen LogP contribution is 2.26. The number of benzene rings is 2. The van der Waals surface area contributed by atoms with Crippen LogP contribution in [-0.2, 0) is 0 Å². The molecule has 1 aromatic heterocycles. The second-order valence-corrected chi connectivity index (χ2v) is 8.84. The van der Waals surface area contributed by atoms with Gasteiger partial charge in [-0.3, -0.25) is 9.59 Å². The summed E-state index contributed by atoms with van der Waals surface area (Å²) in [5.41, 5.74) is 1.94. The van der Waals surface area contributed by atoms with E-state index in [2.05, 4.69) is 10.3 Å². The van der Waals surface area contributed by atoms with Crippen LogP contribution in [0.4, 0.5) is 0 Å². The second kappa shape index (κ2) is 10.1. The summed E-state index contributed by atoms with van der Waals surface area (Å²) in [5, 5.41) is 6.21. The van der Waals surface area contributed by atoms with E-state index in [1.807, 2.05) is 42.2 Å². The Labute approximate surface area is 196 Å². The SMILES string of the molecule is CCOc1ccc(C(=O)N2CCC(NC(=O)c3csc(-c4cccc(Cl)c4)n3)CC2)cc1. The maximum atomic E-state index is 12.8. The van der Waals surface area contributed by atoms with Gasteiger partial charge in [0.25, 0.3) is 11.8 Å². The lowest BCUT2D eigenvalue weighted by Crippen LogP contribution is -2.46. The van der Waals surface area contributed by atoms with Crippen LogP contribution in [0.1, 0.15) is 40.6 Å². The highest BCUT2D eigenvalue weighted by atomic mass is 35.5. The molecule has 0 radical (unpaired) electrons. The molecule has 0 bridgehead atoms. The van der Waals surface area contributed by atoms with Crippen LogP contribution in [0, 0.1) is 0 Å². The zero-order valence-electron chi connectivity index (χ0n) is 17.7. The monoisotopic (exact) mass is 469 g/mol. The Morgan fingerprint density at radius 2 is 1.94 bits per heavy atom. The Kier molecular flexibility index (Phi) is 7.07. The van der Waals surface area contributed by atoms with Gasteiger partial charge < -0.3 is 15.0 Å². The molecule has 0 unspecified atom stereocenters. The molecule has 4 rings (SSSR count). The van der Waals surface area contributed by atoms with Crippen LogP contribution in [0.3, 0.4) is 0 Å². The number of nitrogens with zero attached hydrogens (tertiary/aromatic N) is 2. The van der Waals surface area contributed by atoms with Gasteiger partial charge in [-0.25, -0.2) is 4.98 Å². The van der Waals surface area contributed by atoms with Gasteiger partial charge in [-0.15, -0.1) is 11.3 Å². The second-order valence-electron chi connectivity index (χ2n) is 7.55. The van der Waals surface area contributed by atoms with Crippen molar-refractivity contribution >= 4 is 34.8 Å². The van der Waals surface area contributed by atoms with Crippen molar-refractivity contribution in [1.82, 2.24) is 15.2 Å². The number of aromatic nitrogens is 1. The number of rotatable bonds is 6. The third-order valence-corrected chi connectivity index (χ3v) is 6.46. The number of ether oxygens (including phenoxy) is 1. The number of hydrogen-bond acceptors (Lipinski definition) is 5. The van der Waals surface area contributed by atoms with Crippen LogP contribution < -0.4 is 10.1 Å². The van der Waals surface area contributed by atoms with E-state index in [4.69, 9.17) is 16.3 Å². The molecule has 1 aliphatic heterocycles. The van der Waals surface area contributed by atoms with Crippen LogP contribution in [0.15, 0.2) is 53.9 Å². The van der Waals surface area contributed by atoms with E-state index in [0.29, 0.717) is 48.8 Å². The van der Waals surface area contributed by atoms with Crippen molar-refractivity contribution in [2.24, 2.45) is 0 Å². The van der Waals surface area contributed by atoms with Crippen molar-refractivity contribution in [1.29, 1.82) is 0 Å². The third kappa shape index (κ3) is 5.29. The molecule has 6 nitrogen and oxygen atoms in total. The number of carbonyl (C=O) groups is 2. The fourth-order valence-electron chi connectivity index (χ4n) is 3.66. The van der Waals surface area contributed by atoms with Crippen molar-refractivity contribution in [3.63, 3.8) is 0 Å². The first-order chi connectivity index (χ1) is 15.5. The standard InChI is InChI=1S/C24H24ClN3O3S/c1-2-31-20-8-6-16(7-9-20)24(30)28-12-10-19(11-13-28)26-22(29)21-15-32-23(27-21)17-4-3-5-18(25)14-17/h3-9,14-15,19H,2,10-13H2,1H3,(H,26,29). The van der Waals surface area contributed by atoms with Crippen LogP contribution in [0.5, 0.6) is 5.75 Å². The van der Waals surface area contributed by atoms with Gasteiger partial charge in [-0.05, 0) is 56.2 Å². The number of amides is 2. The van der Waals surface area contributed by atoms with E-state index in [1.54, 1.807) is 23.6 Å². The molecule has 2 amide bonds. The fourth-order valence-corrected chi connectivity index (χ4v) is 4.65. The number of halogens is 1. The van der Waals surface area contributed by atoms with Crippen LogP contribution in [0.25, 0.3) is 10.6 Å². The quantitative estimate of drug-likeness (QED) is 0.557. The van der Waals surface area contributed by atoms with Crippen LogP contribution in [-0.4, -0.2) is 47.4 Å². The molecule has 1 N–H and O–H groups in total. The first kappa shape index (κ1) is 22.3. The molecular formula is C24H24ClN3O3S. The summed E-state index contributed by atoms with van der Waals surface area (Å²) in [6, 6.07) is 14.7. The van der Waals surface area contributed by atoms with E-state index in [9.17, 15) is 9.59 Å². The highest BCUT2D eigenvalue weighted by Gasteiger charge is 2.25. The largest absolute Gasteiger partial charge is 0.494 e. The molecule has 8 heteroatoms. The van der Waals surface area contributed by atoms with Gasteiger partial charge in [0.1, 0.15) is 16.5 Å². The van der Waals surface area contributed by atoms with Gasteiger partial charge in [-0.2, -0.15) is 0 Å². The van der Waals surface area contributed by atoms with Crippen molar-refractivity contribution in [2.75, 3.05) is 19.7 Å². The molecule has 1 saturated heterocycles. The molecule has 0 spiro atoms. The number of thiazole rings is 1. The number of hydrogen-bond donors (Lipinski definition) is 1. The van der Waals surface area contributed by atoms with Gasteiger partial charge in [-0.1, -0.05) is 23.7 Å². The minimum absolute atomic E-state index is 0.00323. The van der Waals surface area contributed by atoms with E-state index >= 15 is 0 Å². The van der Waals surface area contributed by atoms with Crippen molar-refractivity contribution in [2.45, 2.75) is 25.8 Å². The molecule has 2 aromatic carbocycles. The van der Waals surface area contributed by atoms with E-state index in [1.165, 1.54) is 11.3 Å². The van der Waals surface area contributed by atoms with Crippen molar-refractivity contribution in [3.05, 3.63) is 70.2 Å². The zero-order chi connectivity index (χ0) is 22.5. The predicted octanol–water partition coefficient (Wildman–Crippen LogP) is 4.90. The normalized spacial score (nSPS) is 14.2. The number of carbonyl (C=O) groups excluding carboxylic acids is 2. The molecule has 166 valence electrons. The minimum Gasteiger partial charge on any atom is -0.494 e. The molecule has 1 aliphatic rings. The maximum Gasteiger partial charge on any atom is 0.270 e. The molecule has 1 fully saturated rings. The molecule has 32 heavy (non-hydrogen) atoms. The fraction of sp³-hybridized carbons (Fsp3) is 0.292. The first-order valence-corrected chi connectivity index (χ1v) is 11.8. The summed E-state index contributed by atoms with van der Waals surface area (Å²) >= 11 is 7.46.